The van der Waals surface area contributed by atoms with Gasteiger partial charge in [-0.1, -0.05) is 0 Å². The Morgan fingerprint density at radius 2 is 2.00 bits per heavy atom. The van der Waals surface area contributed by atoms with Crippen LogP contribution in [0.5, 0.6) is 5.75 Å². The zero-order valence-electron chi connectivity index (χ0n) is 11.5. The lowest BCUT2D eigenvalue weighted by atomic mass is 10.1. The molecule has 0 fully saturated rings. The molecule has 19 heavy (non-hydrogen) atoms. The number of aliphatic hydroxyl groups excluding tert-OH is 1. The Morgan fingerprint density at radius 3 is 2.47 bits per heavy atom. The number of nitrogen functional groups attached to an aromatic ring is 1. The molecular weight excluding hydrogens is 268 g/mol. The second-order valence-corrected chi connectivity index (χ2v) is 6.79. The van der Waals surface area contributed by atoms with Crippen LogP contribution in [0.1, 0.15) is 13.8 Å². The summed E-state index contributed by atoms with van der Waals surface area (Å²) < 4.78 is 31.3. The molecule has 0 aliphatic carbocycles. The van der Waals surface area contributed by atoms with Gasteiger partial charge in [0.25, 0.3) is 0 Å². The smallest absolute Gasteiger partial charge is 0.247 e. The van der Waals surface area contributed by atoms with Gasteiger partial charge in [-0.2, -0.15) is 4.31 Å². The normalized spacial score (nSPS) is 12.7. The molecule has 0 aliphatic rings. The van der Waals surface area contributed by atoms with E-state index in [1.54, 1.807) is 19.9 Å². The number of methoxy groups -OCH3 is 1. The first kappa shape index (κ1) is 15.7. The summed E-state index contributed by atoms with van der Waals surface area (Å²) in [5.41, 5.74) is 5.04. The summed E-state index contributed by atoms with van der Waals surface area (Å²) >= 11 is 0. The van der Waals surface area contributed by atoms with E-state index >= 15 is 0 Å². The van der Waals surface area contributed by atoms with Crippen molar-refractivity contribution < 1.29 is 18.3 Å². The minimum absolute atomic E-state index is 0.0148. The van der Waals surface area contributed by atoms with Crippen LogP contribution in [0.25, 0.3) is 0 Å². The SMILES string of the molecule is COc1ccc(N)cc1S(=O)(=O)N(C)C(C)(C)CO. The fourth-order valence-electron chi connectivity index (χ4n) is 1.47. The van der Waals surface area contributed by atoms with Crippen molar-refractivity contribution in [2.75, 3.05) is 26.5 Å². The Bertz CT molecular complexity index is 555. The molecule has 108 valence electrons. The van der Waals surface area contributed by atoms with Crippen molar-refractivity contribution in [2.24, 2.45) is 0 Å². The van der Waals surface area contributed by atoms with Gasteiger partial charge in [-0.25, -0.2) is 8.42 Å². The first-order valence-corrected chi connectivity index (χ1v) is 7.14. The van der Waals surface area contributed by atoms with Gasteiger partial charge in [-0.05, 0) is 32.0 Å². The molecule has 0 amide bonds. The fraction of sp³-hybridized carbons (Fsp3) is 0.500. The largest absolute Gasteiger partial charge is 0.495 e. The van der Waals surface area contributed by atoms with Crippen LogP contribution >= 0.6 is 0 Å². The number of anilines is 1. The third-order valence-corrected chi connectivity index (χ3v) is 5.16. The quantitative estimate of drug-likeness (QED) is 0.777. The van der Waals surface area contributed by atoms with Gasteiger partial charge in [0.2, 0.25) is 10.0 Å². The summed E-state index contributed by atoms with van der Waals surface area (Å²) in [5, 5.41) is 9.29. The van der Waals surface area contributed by atoms with Crippen LogP contribution in [-0.2, 0) is 10.0 Å². The highest BCUT2D eigenvalue weighted by Crippen LogP contribution is 2.31. The lowest BCUT2D eigenvalue weighted by Crippen LogP contribution is -2.47. The summed E-state index contributed by atoms with van der Waals surface area (Å²) in [6.07, 6.45) is 0. The maximum absolute atomic E-state index is 12.5. The van der Waals surface area contributed by atoms with E-state index in [0.29, 0.717) is 5.69 Å². The maximum atomic E-state index is 12.5. The number of hydrogen-bond donors (Lipinski definition) is 2. The molecule has 0 saturated heterocycles. The molecule has 0 aromatic heterocycles. The Labute approximate surface area is 113 Å². The zero-order valence-corrected chi connectivity index (χ0v) is 12.4. The summed E-state index contributed by atoms with van der Waals surface area (Å²) in [5.74, 6) is 0.217. The minimum Gasteiger partial charge on any atom is -0.495 e. The minimum atomic E-state index is -3.81. The second kappa shape index (κ2) is 5.36. The maximum Gasteiger partial charge on any atom is 0.247 e. The van der Waals surface area contributed by atoms with Gasteiger partial charge in [0.1, 0.15) is 10.6 Å². The van der Waals surface area contributed by atoms with E-state index in [2.05, 4.69) is 0 Å². The molecule has 7 heteroatoms. The van der Waals surface area contributed by atoms with Crippen LogP contribution < -0.4 is 10.5 Å². The second-order valence-electron chi connectivity index (χ2n) is 4.85. The number of nitrogens with two attached hydrogens (primary N) is 1. The first-order chi connectivity index (χ1) is 8.66. The molecule has 0 spiro atoms. The van der Waals surface area contributed by atoms with Gasteiger partial charge in [0.15, 0.2) is 0 Å². The lowest BCUT2D eigenvalue weighted by molar-refractivity contribution is 0.137. The zero-order chi connectivity index (χ0) is 14.8. The van der Waals surface area contributed by atoms with Crippen molar-refractivity contribution >= 4 is 15.7 Å². The number of nitrogens with zero attached hydrogens (tertiary/aromatic N) is 1. The van der Waals surface area contributed by atoms with E-state index in [1.165, 1.54) is 26.3 Å². The Hall–Kier alpha value is -1.31. The number of likely N-dealkylation sites (N-methyl/N-ethyl adjacent to an activating group) is 1. The molecule has 3 N–H and O–H groups in total. The Balaban J connectivity index is 3.39. The third kappa shape index (κ3) is 2.99. The van der Waals surface area contributed by atoms with Crippen molar-refractivity contribution in [3.63, 3.8) is 0 Å². The molecule has 0 bridgehead atoms. The average molecular weight is 288 g/mol. The van der Waals surface area contributed by atoms with Gasteiger partial charge >= 0.3 is 0 Å². The third-order valence-electron chi connectivity index (χ3n) is 3.07. The Morgan fingerprint density at radius 1 is 1.42 bits per heavy atom. The molecule has 0 atom stereocenters. The van der Waals surface area contributed by atoms with Crippen LogP contribution in [0.3, 0.4) is 0 Å². The molecule has 0 unspecified atom stereocenters. The standard InChI is InChI=1S/C12H20N2O4S/c1-12(2,8-15)14(3)19(16,17)11-7-9(13)5-6-10(11)18-4/h5-7,15H,8,13H2,1-4H3. The number of rotatable bonds is 5. The molecule has 0 aliphatic heterocycles. The van der Waals surface area contributed by atoms with Crippen molar-refractivity contribution in [1.82, 2.24) is 4.31 Å². The summed E-state index contributed by atoms with van der Waals surface area (Å²) in [7, 11) is -1.00. The first-order valence-electron chi connectivity index (χ1n) is 5.70. The fourth-order valence-corrected chi connectivity index (χ4v) is 3.16. The molecule has 0 heterocycles. The van der Waals surface area contributed by atoms with E-state index < -0.39 is 15.6 Å². The number of sulfonamides is 1. The predicted molar refractivity (Wildman–Crippen MR) is 73.5 cm³/mol. The van der Waals surface area contributed by atoms with Gasteiger partial charge in [-0.15, -0.1) is 0 Å². The summed E-state index contributed by atoms with van der Waals surface area (Å²) in [6, 6.07) is 4.41. The molecule has 0 radical (unpaired) electrons. The van der Waals surface area contributed by atoms with Crippen molar-refractivity contribution in [3.8, 4) is 5.75 Å². The highest BCUT2D eigenvalue weighted by atomic mass is 32.2. The van der Waals surface area contributed by atoms with E-state index in [1.807, 2.05) is 0 Å². The van der Waals surface area contributed by atoms with Crippen LogP contribution in [0.2, 0.25) is 0 Å². The van der Waals surface area contributed by atoms with Crippen molar-refractivity contribution in [2.45, 2.75) is 24.3 Å². The van der Waals surface area contributed by atoms with E-state index in [-0.39, 0.29) is 17.3 Å². The van der Waals surface area contributed by atoms with Crippen LogP contribution in [0.15, 0.2) is 23.1 Å². The monoisotopic (exact) mass is 288 g/mol. The van der Waals surface area contributed by atoms with E-state index in [0.717, 1.165) is 4.31 Å². The average Bonchev–Trinajstić information content (AvgIpc) is 2.37. The molecule has 1 aromatic carbocycles. The van der Waals surface area contributed by atoms with Gasteiger partial charge in [0.05, 0.1) is 19.3 Å². The summed E-state index contributed by atoms with van der Waals surface area (Å²) in [6.45, 7) is 2.96. The van der Waals surface area contributed by atoms with Crippen LogP contribution in [0.4, 0.5) is 5.69 Å². The van der Waals surface area contributed by atoms with Crippen LogP contribution in [0, 0.1) is 0 Å². The molecule has 1 rings (SSSR count). The number of benzene rings is 1. The molecule has 6 nitrogen and oxygen atoms in total. The van der Waals surface area contributed by atoms with Crippen molar-refractivity contribution in [1.29, 1.82) is 0 Å². The highest BCUT2D eigenvalue weighted by molar-refractivity contribution is 7.89. The predicted octanol–water partition coefficient (Wildman–Crippen LogP) is 0.669. The highest BCUT2D eigenvalue weighted by Gasteiger charge is 2.35. The van der Waals surface area contributed by atoms with E-state index in [9.17, 15) is 13.5 Å². The van der Waals surface area contributed by atoms with Gasteiger partial charge < -0.3 is 15.6 Å². The van der Waals surface area contributed by atoms with Crippen LogP contribution in [-0.4, -0.2) is 44.1 Å². The number of hydrogen-bond acceptors (Lipinski definition) is 5. The number of aliphatic hydroxyl groups is 1. The molecule has 1 aromatic rings. The lowest BCUT2D eigenvalue weighted by Gasteiger charge is -2.33. The summed E-state index contributed by atoms with van der Waals surface area (Å²) in [4.78, 5) is -0.0148. The number of ether oxygens (including phenoxy) is 1. The van der Waals surface area contributed by atoms with E-state index in [4.69, 9.17) is 10.5 Å². The van der Waals surface area contributed by atoms with Gasteiger partial charge in [0, 0.05) is 12.7 Å². The molecular formula is C12H20N2O4S. The van der Waals surface area contributed by atoms with Crippen molar-refractivity contribution in [3.05, 3.63) is 18.2 Å². The van der Waals surface area contributed by atoms with Gasteiger partial charge in [-0.3, -0.25) is 0 Å². The topological polar surface area (TPSA) is 92.9 Å². The Kier molecular flexibility index (Phi) is 4.44. The molecule has 0 saturated carbocycles.